The first-order valence-corrected chi connectivity index (χ1v) is 12.6. The molecule has 0 spiro atoms. The van der Waals surface area contributed by atoms with Gasteiger partial charge < -0.3 is 26.0 Å². The van der Waals surface area contributed by atoms with Gasteiger partial charge in [0.1, 0.15) is 30.5 Å². The van der Waals surface area contributed by atoms with Crippen LogP contribution in [0.1, 0.15) is 36.9 Å². The lowest BCUT2D eigenvalue weighted by Gasteiger charge is -2.48. The number of pyridine rings is 1. The highest BCUT2D eigenvalue weighted by Crippen LogP contribution is 2.44. The van der Waals surface area contributed by atoms with Gasteiger partial charge in [0.2, 0.25) is 0 Å². The molecule has 0 amide bonds. The maximum Gasteiger partial charge on any atom is 0.194 e. The highest BCUT2D eigenvalue weighted by molar-refractivity contribution is 6.30. The number of nitrogens with zero attached hydrogens (tertiary/aromatic N) is 4. The number of benzene rings is 1. The fraction of sp³-hybridized carbons (Fsp3) is 0.385. The molecule has 3 heterocycles. The Morgan fingerprint density at radius 2 is 1.92 bits per heavy atom. The van der Waals surface area contributed by atoms with Crippen molar-refractivity contribution in [2.24, 2.45) is 26.4 Å². The van der Waals surface area contributed by atoms with E-state index < -0.39 is 47.9 Å². The zero-order valence-corrected chi connectivity index (χ0v) is 21.5. The van der Waals surface area contributed by atoms with Gasteiger partial charge in [0, 0.05) is 30.1 Å². The summed E-state index contributed by atoms with van der Waals surface area (Å²) in [5, 5.41) is 11.8. The van der Waals surface area contributed by atoms with Crippen molar-refractivity contribution in [2.75, 3.05) is 6.61 Å². The van der Waals surface area contributed by atoms with E-state index in [4.69, 9.17) is 32.5 Å². The molecule has 2 aromatic rings. The molecule has 5 unspecified atom stereocenters. The standard InChI is InChI=1S/C26H26ClF3N6O3/c1-11(32)35-26(36-18-6-15(27)9-34-21(18)12-2-3-12)25-23(37)22(24-19(39-25)10-38-24)33-8-14(7-31)13-4-16(28)20(30)17(29)5-13/h4-9,12,19,22-25,37H,2-3,10,31H2,1H3,(H2,32,35,36)/b14-7+,33-8?. The second-order valence-corrected chi connectivity index (χ2v) is 10.0. The van der Waals surface area contributed by atoms with Gasteiger partial charge in [0.15, 0.2) is 23.3 Å². The highest BCUT2D eigenvalue weighted by atomic mass is 35.5. The zero-order chi connectivity index (χ0) is 27.8. The zero-order valence-electron chi connectivity index (χ0n) is 20.8. The van der Waals surface area contributed by atoms with Crippen LogP contribution in [0.2, 0.25) is 5.02 Å². The fourth-order valence-electron chi connectivity index (χ4n) is 4.51. The third kappa shape index (κ3) is 5.69. The molecular formula is C26H26ClF3N6O3. The Bertz CT molecular complexity index is 1370. The van der Waals surface area contributed by atoms with Crippen molar-refractivity contribution in [2.45, 2.75) is 56.1 Å². The number of fused-ring (bicyclic) bond motifs is 1. The van der Waals surface area contributed by atoms with Gasteiger partial charge in [-0.05, 0) is 43.5 Å². The second-order valence-electron chi connectivity index (χ2n) is 9.58. The molecule has 0 bridgehead atoms. The smallest absolute Gasteiger partial charge is 0.194 e. The summed E-state index contributed by atoms with van der Waals surface area (Å²) < 4.78 is 52.7. The van der Waals surface area contributed by atoms with Crippen LogP contribution in [0.4, 0.5) is 18.9 Å². The summed E-state index contributed by atoms with van der Waals surface area (Å²) in [5.74, 6) is -3.79. The molecule has 206 valence electrons. The van der Waals surface area contributed by atoms with E-state index in [2.05, 4.69) is 20.0 Å². The molecule has 3 fully saturated rings. The fourth-order valence-corrected chi connectivity index (χ4v) is 4.66. The Hall–Kier alpha value is -3.32. The number of hydrogen-bond acceptors (Lipinski definition) is 7. The molecule has 1 aromatic heterocycles. The molecule has 2 saturated heterocycles. The molecule has 5 N–H and O–H groups in total. The minimum absolute atomic E-state index is 0.0338. The molecule has 1 saturated carbocycles. The molecule has 0 radical (unpaired) electrons. The summed E-state index contributed by atoms with van der Waals surface area (Å²) in [4.78, 5) is 17.9. The Morgan fingerprint density at radius 1 is 1.21 bits per heavy atom. The Balaban J connectivity index is 1.48. The molecule has 1 aromatic carbocycles. The van der Waals surface area contributed by atoms with E-state index in [1.165, 1.54) is 6.21 Å². The number of aliphatic hydroxyl groups excluding tert-OH is 1. The highest BCUT2D eigenvalue weighted by Gasteiger charge is 2.52. The maximum atomic E-state index is 13.8. The number of ether oxygens (including phenoxy) is 2. The molecule has 1 aliphatic carbocycles. The Labute approximate surface area is 227 Å². The first-order valence-electron chi connectivity index (χ1n) is 12.3. The van der Waals surface area contributed by atoms with Gasteiger partial charge in [0.05, 0.1) is 28.8 Å². The Kier molecular flexibility index (Phi) is 7.72. The van der Waals surface area contributed by atoms with Crippen molar-refractivity contribution < 1.29 is 27.8 Å². The van der Waals surface area contributed by atoms with Gasteiger partial charge in [-0.2, -0.15) is 0 Å². The molecule has 5 atom stereocenters. The number of aromatic nitrogens is 1. The first kappa shape index (κ1) is 27.3. The van der Waals surface area contributed by atoms with Crippen molar-refractivity contribution in [3.05, 3.63) is 64.3 Å². The van der Waals surface area contributed by atoms with Crippen LogP contribution in [0.15, 0.2) is 45.6 Å². The van der Waals surface area contributed by atoms with E-state index in [-0.39, 0.29) is 35.3 Å². The SMILES string of the molecule is CC(N)=NC(=Nc1cc(Cl)cnc1C1CC1)C1OC2COC2C(N=C/C(=C\N)c2cc(F)c(F)c(F)c2)C1O. The van der Waals surface area contributed by atoms with Crippen LogP contribution in [-0.2, 0) is 9.47 Å². The minimum Gasteiger partial charge on any atom is -0.404 e. The van der Waals surface area contributed by atoms with Gasteiger partial charge in [0.25, 0.3) is 0 Å². The van der Waals surface area contributed by atoms with Crippen molar-refractivity contribution in [1.29, 1.82) is 0 Å². The first-order chi connectivity index (χ1) is 18.7. The molecule has 9 nitrogen and oxygen atoms in total. The lowest BCUT2D eigenvalue weighted by molar-refractivity contribution is -0.255. The molecule has 13 heteroatoms. The number of amidine groups is 2. The topological polar surface area (TPSA) is 141 Å². The minimum atomic E-state index is -1.59. The maximum absolute atomic E-state index is 13.8. The summed E-state index contributed by atoms with van der Waals surface area (Å²) >= 11 is 6.19. The van der Waals surface area contributed by atoms with Crippen LogP contribution in [0, 0.1) is 17.5 Å². The van der Waals surface area contributed by atoms with Crippen molar-refractivity contribution in [3.63, 3.8) is 0 Å². The van der Waals surface area contributed by atoms with Crippen LogP contribution < -0.4 is 11.5 Å². The van der Waals surface area contributed by atoms with E-state index in [1.807, 2.05) is 0 Å². The number of halogens is 4. The van der Waals surface area contributed by atoms with Crippen molar-refractivity contribution in [3.8, 4) is 0 Å². The molecule has 2 aliphatic heterocycles. The summed E-state index contributed by atoms with van der Waals surface area (Å²) in [6.07, 6.45) is 2.42. The van der Waals surface area contributed by atoms with E-state index in [0.717, 1.165) is 36.9 Å². The third-order valence-corrected chi connectivity index (χ3v) is 6.84. The van der Waals surface area contributed by atoms with E-state index >= 15 is 0 Å². The number of allylic oxidation sites excluding steroid dienone is 1. The average Bonchev–Trinajstić information content (AvgIpc) is 3.70. The summed E-state index contributed by atoms with van der Waals surface area (Å²) in [6, 6.07) is 2.39. The van der Waals surface area contributed by atoms with Crippen molar-refractivity contribution in [1.82, 2.24) is 4.98 Å². The van der Waals surface area contributed by atoms with Gasteiger partial charge >= 0.3 is 0 Å². The predicted octanol–water partition coefficient (Wildman–Crippen LogP) is 3.40. The number of nitrogens with two attached hydrogens (primary N) is 2. The largest absolute Gasteiger partial charge is 0.404 e. The number of hydrogen-bond donors (Lipinski definition) is 3. The number of aliphatic hydroxyl groups is 1. The van der Waals surface area contributed by atoms with E-state index in [1.54, 1.807) is 19.2 Å². The molecule has 3 aliphatic rings. The quantitative estimate of drug-likeness (QED) is 0.280. The van der Waals surface area contributed by atoms with Crippen LogP contribution in [0.3, 0.4) is 0 Å². The number of aliphatic imine (C=N–C) groups is 3. The normalized spacial score (nSPS) is 27.9. The molecule has 5 rings (SSSR count). The summed E-state index contributed by atoms with van der Waals surface area (Å²) in [7, 11) is 0. The molecular weight excluding hydrogens is 537 g/mol. The average molecular weight is 563 g/mol. The summed E-state index contributed by atoms with van der Waals surface area (Å²) in [5.41, 5.74) is 12.9. The Morgan fingerprint density at radius 3 is 2.51 bits per heavy atom. The van der Waals surface area contributed by atoms with Crippen LogP contribution in [0.25, 0.3) is 5.57 Å². The second kappa shape index (κ2) is 11.0. The van der Waals surface area contributed by atoms with Crippen LogP contribution in [0.5, 0.6) is 0 Å². The van der Waals surface area contributed by atoms with Gasteiger partial charge in [-0.3, -0.25) is 9.98 Å². The van der Waals surface area contributed by atoms with Crippen LogP contribution >= 0.6 is 11.6 Å². The van der Waals surface area contributed by atoms with Crippen LogP contribution in [-0.4, -0.2) is 65.0 Å². The van der Waals surface area contributed by atoms with Crippen molar-refractivity contribution >= 4 is 40.7 Å². The monoisotopic (exact) mass is 562 g/mol. The number of rotatable bonds is 6. The van der Waals surface area contributed by atoms with Gasteiger partial charge in [-0.15, -0.1) is 0 Å². The lowest BCUT2D eigenvalue weighted by atomic mass is 9.89. The molecule has 39 heavy (non-hydrogen) atoms. The van der Waals surface area contributed by atoms with E-state index in [0.29, 0.717) is 10.7 Å². The third-order valence-electron chi connectivity index (χ3n) is 6.63. The van der Waals surface area contributed by atoms with Gasteiger partial charge in [-0.25, -0.2) is 23.2 Å². The summed E-state index contributed by atoms with van der Waals surface area (Å²) in [6.45, 7) is 1.82. The van der Waals surface area contributed by atoms with E-state index in [9.17, 15) is 18.3 Å². The lowest BCUT2D eigenvalue weighted by Crippen LogP contribution is -2.66. The van der Waals surface area contributed by atoms with Gasteiger partial charge in [-0.1, -0.05) is 11.6 Å². The predicted molar refractivity (Wildman–Crippen MR) is 141 cm³/mol.